The summed E-state index contributed by atoms with van der Waals surface area (Å²) in [5, 5.41) is 2.85. The summed E-state index contributed by atoms with van der Waals surface area (Å²) in [5.74, 6) is 1.68. The highest BCUT2D eigenvalue weighted by molar-refractivity contribution is 5.31. The minimum absolute atomic E-state index is 0.540. The van der Waals surface area contributed by atoms with Gasteiger partial charge in [0.1, 0.15) is 11.5 Å². The van der Waals surface area contributed by atoms with Gasteiger partial charge in [-0.3, -0.25) is 0 Å². The minimum Gasteiger partial charge on any atom is -0.497 e. The van der Waals surface area contributed by atoms with Crippen LogP contribution in [0.4, 0.5) is 6.01 Å². The lowest BCUT2D eigenvalue weighted by Gasteiger charge is -2.02. The Labute approximate surface area is 94.3 Å². The Hall–Kier alpha value is -1.97. The molecule has 1 N–H and O–H groups in total. The van der Waals surface area contributed by atoms with Crippen molar-refractivity contribution in [1.29, 1.82) is 0 Å². The molecule has 0 fully saturated rings. The third-order valence-corrected chi connectivity index (χ3v) is 2.28. The first kappa shape index (κ1) is 10.5. The average Bonchev–Trinajstić information content (AvgIpc) is 2.77. The molecular weight excluding hydrogens is 204 g/mol. The predicted octanol–water partition coefficient (Wildman–Crippen LogP) is 2.32. The number of oxazole rings is 1. The molecular formula is C12H14N2O2. The highest BCUT2D eigenvalue weighted by Crippen LogP contribution is 2.17. The van der Waals surface area contributed by atoms with Crippen LogP contribution in [-0.4, -0.2) is 19.1 Å². The molecule has 1 heterocycles. The van der Waals surface area contributed by atoms with Gasteiger partial charge in [-0.2, -0.15) is 0 Å². The molecule has 0 spiro atoms. The second-order valence-electron chi connectivity index (χ2n) is 3.41. The van der Waals surface area contributed by atoms with Crippen LogP contribution in [0.2, 0.25) is 0 Å². The summed E-state index contributed by atoms with van der Waals surface area (Å²) in [6.45, 7) is 0. The molecule has 0 aliphatic rings. The Kier molecular flexibility index (Phi) is 3.10. The highest BCUT2D eigenvalue weighted by atomic mass is 16.5. The average molecular weight is 218 g/mol. The second kappa shape index (κ2) is 4.70. The third-order valence-electron chi connectivity index (χ3n) is 2.28. The maximum absolute atomic E-state index is 5.45. The molecule has 4 nitrogen and oxygen atoms in total. The number of rotatable bonds is 4. The number of hydrogen-bond donors (Lipinski definition) is 1. The van der Waals surface area contributed by atoms with Gasteiger partial charge in [0, 0.05) is 13.5 Å². The number of nitrogens with zero attached hydrogens (tertiary/aromatic N) is 1. The van der Waals surface area contributed by atoms with E-state index in [9.17, 15) is 0 Å². The summed E-state index contributed by atoms with van der Waals surface area (Å²) in [7, 11) is 3.44. The molecule has 2 rings (SSSR count). The van der Waals surface area contributed by atoms with Crippen LogP contribution >= 0.6 is 0 Å². The van der Waals surface area contributed by atoms with E-state index >= 15 is 0 Å². The quantitative estimate of drug-likeness (QED) is 0.855. The number of anilines is 1. The molecule has 16 heavy (non-hydrogen) atoms. The standard InChI is InChI=1S/C12H14N2O2/c1-13-12-14-8-11(16-12)7-9-4-3-5-10(6-9)15-2/h3-6,8H,7H2,1-2H3,(H,13,14). The zero-order chi connectivity index (χ0) is 11.4. The maximum Gasteiger partial charge on any atom is 0.294 e. The smallest absolute Gasteiger partial charge is 0.294 e. The van der Waals surface area contributed by atoms with E-state index in [1.807, 2.05) is 24.3 Å². The molecule has 0 bridgehead atoms. The van der Waals surface area contributed by atoms with Gasteiger partial charge in [0.25, 0.3) is 6.01 Å². The van der Waals surface area contributed by atoms with Gasteiger partial charge < -0.3 is 14.5 Å². The third kappa shape index (κ3) is 2.34. The molecule has 1 aromatic carbocycles. The fourth-order valence-corrected chi connectivity index (χ4v) is 1.49. The number of benzene rings is 1. The second-order valence-corrected chi connectivity index (χ2v) is 3.41. The van der Waals surface area contributed by atoms with Crippen molar-refractivity contribution in [1.82, 2.24) is 4.98 Å². The van der Waals surface area contributed by atoms with Gasteiger partial charge in [0.15, 0.2) is 0 Å². The van der Waals surface area contributed by atoms with Crippen LogP contribution in [0, 0.1) is 0 Å². The molecule has 0 saturated carbocycles. The fourth-order valence-electron chi connectivity index (χ4n) is 1.49. The number of aromatic nitrogens is 1. The first-order chi connectivity index (χ1) is 7.81. The maximum atomic E-state index is 5.45. The van der Waals surface area contributed by atoms with Gasteiger partial charge in [-0.1, -0.05) is 12.1 Å². The molecule has 0 saturated heterocycles. The lowest BCUT2D eigenvalue weighted by atomic mass is 10.1. The molecule has 1 aromatic heterocycles. The van der Waals surface area contributed by atoms with Crippen molar-refractivity contribution in [2.75, 3.05) is 19.5 Å². The predicted molar refractivity (Wildman–Crippen MR) is 61.8 cm³/mol. The number of ether oxygens (including phenoxy) is 1. The topological polar surface area (TPSA) is 47.3 Å². The number of nitrogens with one attached hydrogen (secondary N) is 1. The van der Waals surface area contributed by atoms with Crippen LogP contribution in [-0.2, 0) is 6.42 Å². The van der Waals surface area contributed by atoms with Crippen molar-refractivity contribution in [3.63, 3.8) is 0 Å². The summed E-state index contributed by atoms with van der Waals surface area (Å²) in [6.07, 6.45) is 2.44. The van der Waals surface area contributed by atoms with Crippen LogP contribution in [0.1, 0.15) is 11.3 Å². The molecule has 0 atom stereocenters. The lowest BCUT2D eigenvalue weighted by Crippen LogP contribution is -1.88. The molecule has 0 aliphatic carbocycles. The van der Waals surface area contributed by atoms with Gasteiger partial charge in [-0.05, 0) is 17.7 Å². The Morgan fingerprint density at radius 3 is 3.00 bits per heavy atom. The summed E-state index contributed by atoms with van der Waals surface area (Å²) < 4.78 is 10.6. The van der Waals surface area contributed by atoms with E-state index in [4.69, 9.17) is 9.15 Å². The highest BCUT2D eigenvalue weighted by Gasteiger charge is 2.04. The molecule has 4 heteroatoms. The summed E-state index contributed by atoms with van der Waals surface area (Å²) >= 11 is 0. The minimum atomic E-state index is 0.540. The Morgan fingerprint density at radius 2 is 2.31 bits per heavy atom. The van der Waals surface area contributed by atoms with Crippen LogP contribution < -0.4 is 10.1 Å². The summed E-state index contributed by atoms with van der Waals surface area (Å²) in [6, 6.07) is 8.44. The van der Waals surface area contributed by atoms with Crippen molar-refractivity contribution < 1.29 is 9.15 Å². The zero-order valence-electron chi connectivity index (χ0n) is 9.36. The monoisotopic (exact) mass is 218 g/mol. The van der Waals surface area contributed by atoms with E-state index in [2.05, 4.69) is 10.3 Å². The van der Waals surface area contributed by atoms with Crippen molar-refractivity contribution >= 4 is 6.01 Å². The van der Waals surface area contributed by atoms with Crippen LogP contribution in [0.3, 0.4) is 0 Å². The first-order valence-electron chi connectivity index (χ1n) is 5.07. The van der Waals surface area contributed by atoms with Crippen LogP contribution in [0.15, 0.2) is 34.9 Å². The Balaban J connectivity index is 2.13. The van der Waals surface area contributed by atoms with E-state index < -0.39 is 0 Å². The van der Waals surface area contributed by atoms with Crippen molar-refractivity contribution in [3.8, 4) is 5.75 Å². The lowest BCUT2D eigenvalue weighted by molar-refractivity contribution is 0.414. The van der Waals surface area contributed by atoms with Crippen molar-refractivity contribution in [2.24, 2.45) is 0 Å². The molecule has 0 unspecified atom stereocenters. The molecule has 2 aromatic rings. The Bertz CT molecular complexity index is 466. The van der Waals surface area contributed by atoms with E-state index in [1.165, 1.54) is 0 Å². The SMILES string of the molecule is CNc1ncc(Cc2cccc(OC)c2)o1. The van der Waals surface area contributed by atoms with E-state index in [0.717, 1.165) is 17.1 Å². The van der Waals surface area contributed by atoms with E-state index in [1.54, 1.807) is 20.4 Å². The van der Waals surface area contributed by atoms with Gasteiger partial charge in [0.05, 0.1) is 13.3 Å². The van der Waals surface area contributed by atoms with Gasteiger partial charge in [0.2, 0.25) is 0 Å². The van der Waals surface area contributed by atoms with E-state index in [0.29, 0.717) is 12.4 Å². The Morgan fingerprint density at radius 1 is 1.44 bits per heavy atom. The van der Waals surface area contributed by atoms with Gasteiger partial charge in [-0.15, -0.1) is 0 Å². The molecule has 0 amide bonds. The molecule has 0 radical (unpaired) electrons. The molecule has 0 aliphatic heterocycles. The van der Waals surface area contributed by atoms with Crippen molar-refractivity contribution in [3.05, 3.63) is 41.8 Å². The largest absolute Gasteiger partial charge is 0.497 e. The van der Waals surface area contributed by atoms with Crippen LogP contribution in [0.5, 0.6) is 5.75 Å². The summed E-state index contributed by atoms with van der Waals surface area (Å²) in [4.78, 5) is 4.06. The number of methoxy groups -OCH3 is 1. The number of hydrogen-bond acceptors (Lipinski definition) is 4. The van der Waals surface area contributed by atoms with Gasteiger partial charge in [-0.25, -0.2) is 4.98 Å². The van der Waals surface area contributed by atoms with E-state index in [-0.39, 0.29) is 0 Å². The van der Waals surface area contributed by atoms with Crippen molar-refractivity contribution in [2.45, 2.75) is 6.42 Å². The summed E-state index contributed by atoms with van der Waals surface area (Å²) in [5.41, 5.74) is 1.14. The fraction of sp³-hybridized carbons (Fsp3) is 0.250. The zero-order valence-corrected chi connectivity index (χ0v) is 9.36. The van der Waals surface area contributed by atoms with Gasteiger partial charge >= 0.3 is 0 Å². The normalized spacial score (nSPS) is 10.1. The first-order valence-corrected chi connectivity index (χ1v) is 5.07. The van der Waals surface area contributed by atoms with Crippen LogP contribution in [0.25, 0.3) is 0 Å². The molecule has 84 valence electrons.